The second-order valence-corrected chi connectivity index (χ2v) is 9.10. The van der Waals surface area contributed by atoms with Crippen molar-refractivity contribution in [3.05, 3.63) is 63.2 Å². The molecule has 0 bridgehead atoms. The van der Waals surface area contributed by atoms with Crippen LogP contribution in [0.4, 0.5) is 0 Å². The van der Waals surface area contributed by atoms with E-state index < -0.39 is 0 Å². The monoisotopic (exact) mass is 442 g/mol. The molecule has 0 nitrogen and oxygen atoms in total. The fourth-order valence-corrected chi connectivity index (χ4v) is 2.75. The minimum atomic E-state index is 0. The van der Waals surface area contributed by atoms with Gasteiger partial charge in [-0.2, -0.15) is 63.2 Å². The van der Waals surface area contributed by atoms with Gasteiger partial charge in [0, 0.05) is 0 Å². The Labute approximate surface area is 196 Å². The molecule has 0 saturated carbocycles. The van der Waals surface area contributed by atoms with Crippen molar-refractivity contribution < 1.29 is 46.5 Å². The van der Waals surface area contributed by atoms with E-state index in [-0.39, 0.29) is 57.4 Å². The maximum absolute atomic E-state index is 3.52. The molecule has 0 saturated heterocycles. The molecule has 27 heavy (non-hydrogen) atoms. The van der Waals surface area contributed by atoms with Crippen molar-refractivity contribution in [3.8, 4) is 0 Å². The van der Waals surface area contributed by atoms with Crippen LogP contribution in [0.15, 0.2) is 18.2 Å². The van der Waals surface area contributed by atoms with Crippen molar-refractivity contribution in [2.24, 2.45) is 0 Å². The van der Waals surface area contributed by atoms with Gasteiger partial charge in [0.15, 0.2) is 0 Å². The molecule has 0 aliphatic carbocycles. The maximum Gasteiger partial charge on any atom is 4.00 e. The molecule has 2 rings (SSSR count). The van der Waals surface area contributed by atoms with Crippen LogP contribution >= 0.6 is 0 Å². The molecule has 0 amide bonds. The summed E-state index contributed by atoms with van der Waals surface area (Å²) >= 11 is 0. The van der Waals surface area contributed by atoms with E-state index in [1.807, 2.05) is 0 Å². The second kappa shape index (κ2) is 11.8. The molecule has 0 fully saturated rings. The number of hydrogen-bond donors (Lipinski definition) is 0. The smallest absolute Gasteiger partial charge is 1.00 e. The Bertz CT molecular complexity index is 589. The van der Waals surface area contributed by atoms with Crippen molar-refractivity contribution >= 4 is 0 Å². The topological polar surface area (TPSA) is 0 Å². The zero-order valence-corrected chi connectivity index (χ0v) is 22.1. The predicted octanol–water partition coefficient (Wildman–Crippen LogP) is 1.03. The summed E-state index contributed by atoms with van der Waals surface area (Å²) in [5.41, 5.74) is 10.3. The number of rotatable bonds is 0. The first-order valence-electron chi connectivity index (χ1n) is 8.99. The molecule has 3 heteroatoms. The predicted molar refractivity (Wildman–Crippen MR) is 108 cm³/mol. The zero-order valence-electron chi connectivity index (χ0n) is 19.0. The zero-order chi connectivity index (χ0) is 18.9. The van der Waals surface area contributed by atoms with Crippen LogP contribution in [0.25, 0.3) is 0 Å². The van der Waals surface area contributed by atoms with Crippen LogP contribution in [0.1, 0.15) is 80.5 Å². The van der Waals surface area contributed by atoms with Gasteiger partial charge in [0.25, 0.3) is 0 Å². The van der Waals surface area contributed by atoms with E-state index in [4.69, 9.17) is 0 Å². The Hall–Kier alpha value is -0.136. The van der Waals surface area contributed by atoms with Gasteiger partial charge >= 0.3 is 21.7 Å². The van der Waals surface area contributed by atoms with Gasteiger partial charge in [-0.25, -0.2) is 0 Å². The first-order valence-corrected chi connectivity index (χ1v) is 8.99. The van der Waals surface area contributed by atoms with Crippen LogP contribution < -0.4 is 24.8 Å². The molecule has 2 aromatic carbocycles. The molecule has 0 aliphatic rings. The Morgan fingerprint density at radius 2 is 1.00 bits per heavy atom. The van der Waals surface area contributed by atoms with Gasteiger partial charge in [0.05, 0.1) is 0 Å². The van der Waals surface area contributed by atoms with E-state index in [0.29, 0.717) is 0 Å². The van der Waals surface area contributed by atoms with E-state index in [2.05, 4.69) is 100 Å². The van der Waals surface area contributed by atoms with Crippen LogP contribution in [0.2, 0.25) is 0 Å². The van der Waals surface area contributed by atoms with E-state index in [9.17, 15) is 0 Å². The third kappa shape index (κ3) is 8.40. The van der Waals surface area contributed by atoms with Gasteiger partial charge in [0.2, 0.25) is 0 Å². The van der Waals surface area contributed by atoms with Crippen LogP contribution in [-0.4, -0.2) is 0 Å². The molecule has 0 unspecified atom stereocenters. The summed E-state index contributed by atoms with van der Waals surface area (Å²) in [5, 5.41) is 0. The van der Waals surface area contributed by atoms with E-state index >= 15 is 0 Å². The third-order valence-electron chi connectivity index (χ3n) is 5.22. The molecule has 0 aromatic heterocycles. The minimum Gasteiger partial charge on any atom is -1.00 e. The summed E-state index contributed by atoms with van der Waals surface area (Å²) in [6.07, 6.45) is 0. The maximum atomic E-state index is 3.52. The molecule has 150 valence electrons. The van der Waals surface area contributed by atoms with E-state index in [0.717, 1.165) is 0 Å². The van der Waals surface area contributed by atoms with Crippen molar-refractivity contribution in [3.63, 3.8) is 0 Å². The fraction of sp³-hybridized carbons (Fsp3) is 0.542. The van der Waals surface area contributed by atoms with Crippen LogP contribution in [0, 0.1) is 40.7 Å². The van der Waals surface area contributed by atoms with Crippen LogP contribution in [-0.2, 0) is 32.5 Å². The molecular weight excluding hydrogens is 407 g/mol. The molecule has 0 N–H and O–H groups in total. The molecule has 0 radical (unpaired) electrons. The quantitative estimate of drug-likeness (QED) is 0.422. The van der Waals surface area contributed by atoms with Gasteiger partial charge < -0.3 is 24.8 Å². The van der Waals surface area contributed by atoms with E-state index in [1.54, 1.807) is 0 Å². The van der Waals surface area contributed by atoms with Gasteiger partial charge in [0.1, 0.15) is 0 Å². The fourth-order valence-electron chi connectivity index (χ4n) is 2.75. The number of halogens is 2. The Morgan fingerprint density at radius 1 is 0.704 bits per heavy atom. The molecular formula is C24H36Cl2Ti. The number of benzene rings is 1. The van der Waals surface area contributed by atoms with Crippen LogP contribution in [0.5, 0.6) is 0 Å². The van der Waals surface area contributed by atoms with E-state index in [1.165, 1.54) is 38.9 Å². The Balaban J connectivity index is -0.000000400. The Morgan fingerprint density at radius 3 is 1.19 bits per heavy atom. The molecule has 2 aromatic rings. The standard InChI is InChI=1S/C14H21.C10H15.2ClH.Ti/c1-13(2,3)11-8-7-9-12(10-11)14(4,5)6;1-6-7(2)9(4)10(5)8(6)3;;;/h7-9H,1-6H3;1-5H3;2*1H;/q2*-1;;;+4/p-2. The summed E-state index contributed by atoms with van der Waals surface area (Å²) in [5.74, 6) is 0. The Kier molecular flexibility index (Phi) is 13.8. The van der Waals surface area contributed by atoms with Crippen molar-refractivity contribution in [2.45, 2.75) is 87.0 Å². The molecule has 0 aliphatic heterocycles. The molecule has 0 heterocycles. The van der Waals surface area contributed by atoms with Crippen molar-refractivity contribution in [2.75, 3.05) is 0 Å². The molecule has 0 spiro atoms. The summed E-state index contributed by atoms with van der Waals surface area (Å²) < 4.78 is 0. The second-order valence-electron chi connectivity index (χ2n) is 9.10. The van der Waals surface area contributed by atoms with Gasteiger partial charge in [-0.05, 0) is 10.8 Å². The summed E-state index contributed by atoms with van der Waals surface area (Å²) in [4.78, 5) is 0. The first-order chi connectivity index (χ1) is 10.8. The van der Waals surface area contributed by atoms with Crippen molar-refractivity contribution in [1.82, 2.24) is 0 Å². The largest absolute Gasteiger partial charge is 4.00 e. The van der Waals surface area contributed by atoms with Crippen molar-refractivity contribution in [1.29, 1.82) is 0 Å². The van der Waals surface area contributed by atoms with Crippen LogP contribution in [0.3, 0.4) is 0 Å². The number of hydrogen-bond acceptors (Lipinski definition) is 0. The van der Waals surface area contributed by atoms with Gasteiger partial charge in [-0.15, -0.1) is 0 Å². The minimum absolute atomic E-state index is 0. The average molecular weight is 443 g/mol. The average Bonchev–Trinajstić information content (AvgIpc) is 2.64. The van der Waals surface area contributed by atoms with Gasteiger partial charge in [-0.1, -0.05) is 76.2 Å². The SMILES string of the molecule is CC(C)(C)c1[c-]c(C(C)(C)C)ccc1.Cc1c(C)c(C)[c-](C)c1C.[Cl-].[Cl-].[Ti+4]. The summed E-state index contributed by atoms with van der Waals surface area (Å²) in [6.45, 7) is 24.4. The summed E-state index contributed by atoms with van der Waals surface area (Å²) in [7, 11) is 0. The summed E-state index contributed by atoms with van der Waals surface area (Å²) in [6, 6.07) is 9.98. The van der Waals surface area contributed by atoms with Gasteiger partial charge in [-0.3, -0.25) is 0 Å². The first kappa shape index (κ1) is 31.6. The third-order valence-corrected chi connectivity index (χ3v) is 5.22. The molecule has 0 atom stereocenters. The normalized spacial score (nSPS) is 10.6.